The molecule has 0 unspecified atom stereocenters. The third-order valence-electron chi connectivity index (χ3n) is 2.05. The number of aliphatic hydroxyl groups excluding tert-OH is 1. The average Bonchev–Trinajstić information content (AvgIpc) is 2.26. The average molecular weight is 185 g/mol. The largest absolute Gasteiger partial charge is 0.392 e. The molecule has 2 rings (SSSR count). The van der Waals surface area contributed by atoms with E-state index in [9.17, 15) is 0 Å². The Bertz CT molecular complexity index is 463. The molecule has 1 aromatic carbocycles. The first-order valence-electron chi connectivity index (χ1n) is 4.52. The summed E-state index contributed by atoms with van der Waals surface area (Å²) in [6.45, 7) is 0.0697. The number of hydrogen-bond donors (Lipinski definition) is 1. The molecule has 1 aromatic heterocycles. The van der Waals surface area contributed by atoms with Gasteiger partial charge in [0.25, 0.3) is 0 Å². The number of fused-ring (bicyclic) bond motifs is 1. The van der Waals surface area contributed by atoms with Crippen molar-refractivity contribution >= 4 is 17.0 Å². The second-order valence-electron chi connectivity index (χ2n) is 3.04. The predicted octanol–water partition coefficient (Wildman–Crippen LogP) is 2.24. The Morgan fingerprint density at radius 2 is 2.21 bits per heavy atom. The van der Waals surface area contributed by atoms with E-state index in [1.807, 2.05) is 36.4 Å². The predicted molar refractivity (Wildman–Crippen MR) is 57.9 cm³/mol. The van der Waals surface area contributed by atoms with Crippen LogP contribution in [0.3, 0.4) is 0 Å². The molecule has 0 radical (unpaired) electrons. The van der Waals surface area contributed by atoms with Crippen LogP contribution in [0, 0.1) is 0 Å². The maximum Gasteiger partial charge on any atom is 0.0707 e. The van der Waals surface area contributed by atoms with Gasteiger partial charge in [0.15, 0.2) is 0 Å². The van der Waals surface area contributed by atoms with Crippen LogP contribution in [-0.2, 0) is 0 Å². The van der Waals surface area contributed by atoms with Crippen molar-refractivity contribution in [1.82, 2.24) is 4.98 Å². The van der Waals surface area contributed by atoms with E-state index in [0.717, 1.165) is 16.5 Å². The van der Waals surface area contributed by atoms with Crippen molar-refractivity contribution in [2.24, 2.45) is 0 Å². The maximum atomic E-state index is 8.64. The van der Waals surface area contributed by atoms with Crippen LogP contribution < -0.4 is 0 Å². The Morgan fingerprint density at radius 1 is 1.29 bits per heavy atom. The number of rotatable bonds is 2. The van der Waals surface area contributed by atoms with Gasteiger partial charge in [-0.1, -0.05) is 30.4 Å². The molecule has 1 N–H and O–H groups in total. The van der Waals surface area contributed by atoms with Crippen molar-refractivity contribution in [3.05, 3.63) is 48.2 Å². The van der Waals surface area contributed by atoms with Crippen molar-refractivity contribution in [2.75, 3.05) is 6.61 Å². The van der Waals surface area contributed by atoms with Gasteiger partial charge in [-0.25, -0.2) is 0 Å². The molecule has 0 aliphatic rings. The molecule has 0 aliphatic carbocycles. The van der Waals surface area contributed by atoms with E-state index in [1.54, 1.807) is 12.3 Å². The third-order valence-corrected chi connectivity index (χ3v) is 2.05. The van der Waals surface area contributed by atoms with Gasteiger partial charge >= 0.3 is 0 Å². The maximum absolute atomic E-state index is 8.64. The van der Waals surface area contributed by atoms with Crippen LogP contribution in [0.15, 0.2) is 42.6 Å². The van der Waals surface area contributed by atoms with Gasteiger partial charge in [-0.3, -0.25) is 4.98 Å². The smallest absolute Gasteiger partial charge is 0.0707 e. The standard InChI is InChI=1S/C12H11NO/c14-8-2-3-10-5-6-11-4-1-7-13-12(11)9-10/h1-7,9,14H,8H2. The zero-order valence-corrected chi connectivity index (χ0v) is 7.72. The summed E-state index contributed by atoms with van der Waals surface area (Å²) in [6, 6.07) is 9.99. The lowest BCUT2D eigenvalue weighted by Crippen LogP contribution is -1.79. The minimum atomic E-state index is 0.0697. The van der Waals surface area contributed by atoms with Crippen molar-refractivity contribution in [3.8, 4) is 0 Å². The van der Waals surface area contributed by atoms with Crippen molar-refractivity contribution in [3.63, 3.8) is 0 Å². The lowest BCUT2D eigenvalue weighted by atomic mass is 10.1. The van der Waals surface area contributed by atoms with Gasteiger partial charge in [0.2, 0.25) is 0 Å². The summed E-state index contributed by atoms with van der Waals surface area (Å²) < 4.78 is 0. The van der Waals surface area contributed by atoms with Crippen LogP contribution >= 0.6 is 0 Å². The van der Waals surface area contributed by atoms with Gasteiger partial charge in [0.05, 0.1) is 12.1 Å². The van der Waals surface area contributed by atoms with Crippen molar-refractivity contribution < 1.29 is 5.11 Å². The molecular formula is C12H11NO. The zero-order valence-electron chi connectivity index (χ0n) is 7.72. The highest BCUT2D eigenvalue weighted by Gasteiger charge is 1.93. The molecule has 0 atom stereocenters. The Kier molecular flexibility index (Phi) is 2.56. The Morgan fingerprint density at radius 3 is 3.07 bits per heavy atom. The Balaban J connectivity index is 2.46. The Labute approximate surface area is 82.5 Å². The summed E-state index contributed by atoms with van der Waals surface area (Å²) in [4.78, 5) is 4.25. The first kappa shape index (κ1) is 8.91. The summed E-state index contributed by atoms with van der Waals surface area (Å²) in [5.41, 5.74) is 2.04. The monoisotopic (exact) mass is 185 g/mol. The van der Waals surface area contributed by atoms with Crippen LogP contribution in [0.5, 0.6) is 0 Å². The second-order valence-corrected chi connectivity index (χ2v) is 3.04. The quantitative estimate of drug-likeness (QED) is 0.778. The molecule has 2 aromatic rings. The number of aromatic nitrogens is 1. The molecule has 2 heteroatoms. The van der Waals surface area contributed by atoms with Crippen LogP contribution in [-0.4, -0.2) is 16.7 Å². The topological polar surface area (TPSA) is 33.1 Å². The van der Waals surface area contributed by atoms with Gasteiger partial charge in [0, 0.05) is 11.6 Å². The van der Waals surface area contributed by atoms with Crippen molar-refractivity contribution in [2.45, 2.75) is 0 Å². The molecule has 0 saturated heterocycles. The molecule has 0 spiro atoms. The fourth-order valence-electron chi connectivity index (χ4n) is 1.38. The summed E-state index contributed by atoms with van der Waals surface area (Å²) >= 11 is 0. The van der Waals surface area contributed by atoms with Gasteiger partial charge in [0.1, 0.15) is 0 Å². The SMILES string of the molecule is OCC=Cc1ccc2cccnc2c1. The molecule has 1 heterocycles. The molecule has 0 amide bonds. The highest BCUT2D eigenvalue weighted by Crippen LogP contribution is 2.13. The van der Waals surface area contributed by atoms with E-state index in [0.29, 0.717) is 0 Å². The first-order chi connectivity index (χ1) is 6.90. The lowest BCUT2D eigenvalue weighted by Gasteiger charge is -1.97. The summed E-state index contributed by atoms with van der Waals surface area (Å²) in [5.74, 6) is 0. The summed E-state index contributed by atoms with van der Waals surface area (Å²) in [7, 11) is 0. The van der Waals surface area contributed by atoms with Crippen LogP contribution in [0.25, 0.3) is 17.0 Å². The summed E-state index contributed by atoms with van der Waals surface area (Å²) in [6.07, 6.45) is 5.38. The van der Waals surface area contributed by atoms with Crippen molar-refractivity contribution in [1.29, 1.82) is 0 Å². The molecule has 0 bridgehead atoms. The van der Waals surface area contributed by atoms with E-state index in [1.165, 1.54) is 0 Å². The van der Waals surface area contributed by atoms with E-state index in [2.05, 4.69) is 4.98 Å². The van der Waals surface area contributed by atoms with Crippen LogP contribution in [0.2, 0.25) is 0 Å². The zero-order chi connectivity index (χ0) is 9.80. The van der Waals surface area contributed by atoms with E-state index >= 15 is 0 Å². The van der Waals surface area contributed by atoms with Gasteiger partial charge < -0.3 is 5.11 Å². The number of pyridine rings is 1. The van der Waals surface area contributed by atoms with Gasteiger partial charge in [-0.15, -0.1) is 0 Å². The molecule has 14 heavy (non-hydrogen) atoms. The van der Waals surface area contributed by atoms with Crippen LogP contribution in [0.1, 0.15) is 5.56 Å². The van der Waals surface area contributed by atoms with Gasteiger partial charge in [-0.2, -0.15) is 0 Å². The molecule has 0 fully saturated rings. The molecule has 70 valence electrons. The number of aliphatic hydroxyl groups is 1. The molecule has 0 saturated carbocycles. The third kappa shape index (κ3) is 1.80. The first-order valence-corrected chi connectivity index (χ1v) is 4.52. The molecular weight excluding hydrogens is 174 g/mol. The Hall–Kier alpha value is -1.67. The second kappa shape index (κ2) is 4.03. The highest BCUT2D eigenvalue weighted by molar-refractivity contribution is 5.80. The summed E-state index contributed by atoms with van der Waals surface area (Å²) in [5, 5.41) is 9.77. The van der Waals surface area contributed by atoms with Crippen LogP contribution in [0.4, 0.5) is 0 Å². The number of nitrogens with zero attached hydrogens (tertiary/aromatic N) is 1. The fraction of sp³-hybridized carbons (Fsp3) is 0.0833. The molecule has 0 aliphatic heterocycles. The minimum Gasteiger partial charge on any atom is -0.392 e. The fourth-order valence-corrected chi connectivity index (χ4v) is 1.38. The molecule has 2 nitrogen and oxygen atoms in total. The van der Waals surface area contributed by atoms with E-state index < -0.39 is 0 Å². The normalized spacial score (nSPS) is 11.2. The lowest BCUT2D eigenvalue weighted by molar-refractivity contribution is 0.343. The van der Waals surface area contributed by atoms with E-state index in [4.69, 9.17) is 5.11 Å². The highest BCUT2D eigenvalue weighted by atomic mass is 16.2. The number of hydrogen-bond acceptors (Lipinski definition) is 2. The minimum absolute atomic E-state index is 0.0697. The number of benzene rings is 1. The van der Waals surface area contributed by atoms with E-state index in [-0.39, 0.29) is 6.61 Å². The van der Waals surface area contributed by atoms with Gasteiger partial charge in [-0.05, 0) is 17.7 Å².